The Balaban J connectivity index is 0.876. The number of aromatic amines is 1. The molecule has 68 heavy (non-hydrogen) atoms. The van der Waals surface area contributed by atoms with Crippen LogP contribution in [-0.2, 0) is 10.0 Å². The molecule has 0 unspecified atom stereocenters. The molecule has 358 valence electrons. The molecule has 2 aliphatic carbocycles. The zero-order valence-corrected chi connectivity index (χ0v) is 39.7. The van der Waals surface area contributed by atoms with Crippen LogP contribution in [0, 0.1) is 22.1 Å². The van der Waals surface area contributed by atoms with Crippen molar-refractivity contribution in [3.63, 3.8) is 0 Å². The largest absolute Gasteiger partial charge is 0.489 e. The van der Waals surface area contributed by atoms with Crippen molar-refractivity contribution >= 4 is 50.1 Å². The topological polar surface area (TPSA) is 179 Å². The van der Waals surface area contributed by atoms with Crippen molar-refractivity contribution in [3.8, 4) is 17.2 Å². The van der Waals surface area contributed by atoms with Crippen LogP contribution in [0.25, 0.3) is 17.1 Å². The smallest absolute Gasteiger partial charge is 0.268 e. The summed E-state index contributed by atoms with van der Waals surface area (Å²) < 4.78 is 57.5. The number of nitroso groups, excluding NO2 is 1. The minimum Gasteiger partial charge on any atom is -0.489 e. The Hall–Kier alpha value is -5.84. The Morgan fingerprint density at radius 2 is 1.81 bits per heavy atom. The summed E-state index contributed by atoms with van der Waals surface area (Å²) in [4.78, 5) is 38.3. The molecule has 1 amide bonds. The van der Waals surface area contributed by atoms with E-state index in [-0.39, 0.29) is 79.8 Å². The first-order chi connectivity index (χ1) is 32.6. The predicted octanol–water partition coefficient (Wildman–Crippen LogP) is 10.1. The zero-order chi connectivity index (χ0) is 47.5. The zero-order valence-electron chi connectivity index (χ0n) is 38.9. The minimum atomic E-state index is -4.61. The maximum Gasteiger partial charge on any atom is 0.268 e. The number of nitrogens with zero attached hydrogens (tertiary/aromatic N) is 4. The van der Waals surface area contributed by atoms with E-state index in [1.807, 2.05) is 6.92 Å². The first-order valence-corrected chi connectivity index (χ1v) is 25.5. The van der Waals surface area contributed by atoms with Gasteiger partial charge in [0.15, 0.2) is 5.75 Å². The van der Waals surface area contributed by atoms with Gasteiger partial charge in [-0.25, -0.2) is 22.5 Å². The summed E-state index contributed by atoms with van der Waals surface area (Å²) in [5, 5.41) is 17.1. The van der Waals surface area contributed by atoms with E-state index in [2.05, 4.69) is 79.7 Å². The highest BCUT2D eigenvalue weighted by Crippen LogP contribution is 2.49. The number of benzene rings is 3. The van der Waals surface area contributed by atoms with Crippen molar-refractivity contribution in [2.45, 2.75) is 113 Å². The lowest BCUT2D eigenvalue weighted by molar-refractivity contribution is -0.0493. The third-order valence-corrected chi connectivity index (χ3v) is 16.9. The van der Waals surface area contributed by atoms with Crippen LogP contribution in [0.2, 0.25) is 0 Å². The second-order valence-electron chi connectivity index (χ2n) is 20.4. The molecule has 5 aromatic rings. The molecule has 4 fully saturated rings. The molecule has 16 heteroatoms. The summed E-state index contributed by atoms with van der Waals surface area (Å²) >= 11 is 0. The van der Waals surface area contributed by atoms with E-state index in [1.165, 1.54) is 60.9 Å². The van der Waals surface area contributed by atoms with Gasteiger partial charge in [0.1, 0.15) is 46.6 Å². The number of sulfonamides is 1. The van der Waals surface area contributed by atoms with Crippen LogP contribution >= 0.6 is 0 Å². The van der Waals surface area contributed by atoms with Crippen molar-refractivity contribution in [1.82, 2.24) is 19.6 Å². The van der Waals surface area contributed by atoms with Gasteiger partial charge in [0.05, 0.1) is 27.5 Å². The average molecular weight is 946 g/mol. The van der Waals surface area contributed by atoms with Crippen LogP contribution in [0.5, 0.6) is 17.2 Å². The fourth-order valence-corrected chi connectivity index (χ4v) is 12.7. The van der Waals surface area contributed by atoms with Crippen molar-refractivity contribution in [1.29, 1.82) is 0 Å². The number of aliphatic hydroxyl groups is 1. The number of hydrogen-bond donors (Lipinski definition) is 4. The standard InChI is InChI=1S/C52H60FN7O7S/c1-5-41-46(26-39-40(53)27-54-49(39)56-41)67-45-23-33(59-21-19-52(20-22-59)29-60(30-52)44-12-8-11-37(44)36-10-7-6-9-35(36)31(2)3)13-14-38(45)50(61)58-68(64,65)34-24-42(57-63)48-47(25-34)66-28-43(55-48)32-15-17-51(4,62)18-16-32/h5-7,9-10,13-14,23-27,31-32,37,43-44,55,62H,1,8,11-12,15-22,28-30H2,2-4H3,(H,54,56)(H,58,61)/t32?,37-,43+,44-,51?/m0/s1. The highest BCUT2D eigenvalue weighted by molar-refractivity contribution is 7.90. The van der Waals surface area contributed by atoms with Crippen molar-refractivity contribution in [2.24, 2.45) is 16.5 Å². The summed E-state index contributed by atoms with van der Waals surface area (Å²) in [6, 6.07) is 18.2. The van der Waals surface area contributed by atoms with E-state index in [4.69, 9.17) is 9.47 Å². The molecule has 0 bridgehead atoms. The van der Waals surface area contributed by atoms with Crippen molar-refractivity contribution in [3.05, 3.63) is 107 Å². The van der Waals surface area contributed by atoms with E-state index in [0.717, 1.165) is 63.6 Å². The third-order valence-electron chi connectivity index (χ3n) is 15.6. The molecule has 3 atom stereocenters. The number of anilines is 2. The van der Waals surface area contributed by atoms with Gasteiger partial charge in [-0.1, -0.05) is 51.1 Å². The van der Waals surface area contributed by atoms with Gasteiger partial charge in [-0.15, -0.1) is 4.91 Å². The molecule has 3 aromatic carbocycles. The van der Waals surface area contributed by atoms with Gasteiger partial charge in [0.2, 0.25) is 0 Å². The second kappa shape index (κ2) is 17.9. The number of carbonyl (C=O) groups excluding carboxylic acids is 1. The maximum atomic E-state index is 14.9. The Morgan fingerprint density at radius 1 is 1.04 bits per heavy atom. The Morgan fingerprint density at radius 3 is 2.54 bits per heavy atom. The molecule has 3 aliphatic heterocycles. The van der Waals surface area contributed by atoms with Gasteiger partial charge >= 0.3 is 0 Å². The molecular formula is C52H60FN7O7S. The molecule has 2 saturated heterocycles. The lowest BCUT2D eigenvalue weighted by Crippen LogP contribution is -2.63. The molecule has 0 radical (unpaired) electrons. The number of nitrogens with one attached hydrogen (secondary N) is 3. The van der Waals surface area contributed by atoms with Crippen LogP contribution in [-0.4, -0.2) is 84.8 Å². The highest BCUT2D eigenvalue weighted by Gasteiger charge is 2.49. The first kappa shape index (κ1) is 45.9. The Kier molecular flexibility index (Phi) is 12.1. The molecule has 5 heterocycles. The van der Waals surface area contributed by atoms with E-state index in [0.29, 0.717) is 30.7 Å². The van der Waals surface area contributed by atoms with Gasteiger partial charge in [-0.3, -0.25) is 9.69 Å². The number of aromatic nitrogens is 2. The Labute approximate surface area is 396 Å². The average Bonchev–Trinajstić information content (AvgIpc) is 3.96. The number of ether oxygens (including phenoxy) is 2. The summed E-state index contributed by atoms with van der Waals surface area (Å²) in [5.41, 5.74) is 3.83. The van der Waals surface area contributed by atoms with Gasteiger partial charge in [-0.2, -0.15) is 0 Å². The first-order valence-electron chi connectivity index (χ1n) is 24.0. The van der Waals surface area contributed by atoms with Gasteiger partial charge < -0.3 is 29.8 Å². The maximum absolute atomic E-state index is 14.9. The normalized spacial score (nSPS) is 24.8. The van der Waals surface area contributed by atoms with E-state index >= 15 is 0 Å². The number of carbonyl (C=O) groups is 1. The van der Waals surface area contributed by atoms with Crippen LogP contribution in [0.1, 0.15) is 118 Å². The monoisotopic (exact) mass is 945 g/mol. The van der Waals surface area contributed by atoms with Crippen molar-refractivity contribution in [2.75, 3.05) is 43.0 Å². The number of H-pyrrole nitrogens is 1. The number of halogens is 1. The summed E-state index contributed by atoms with van der Waals surface area (Å²) in [5.74, 6) is -0.0610. The number of likely N-dealkylation sites (tertiary alicyclic amines) is 1. The van der Waals surface area contributed by atoms with Gasteiger partial charge in [0.25, 0.3) is 15.9 Å². The molecular weight excluding hydrogens is 886 g/mol. The third kappa shape index (κ3) is 8.75. The van der Waals surface area contributed by atoms with E-state index in [1.54, 1.807) is 12.1 Å². The SMILES string of the molecule is C=Cc1nc2[nH]cc(F)c2cc1Oc1cc(N2CCC3(CC2)CN([C@H]2CCC[C@H]2c2ccccc2C(C)C)C3)ccc1C(=O)NS(=O)(=O)c1cc(N=O)c2c(c1)OC[C@H](C1CCC(C)(O)CC1)N2. The lowest BCUT2D eigenvalue weighted by Gasteiger charge is -2.57. The predicted molar refractivity (Wildman–Crippen MR) is 261 cm³/mol. The summed E-state index contributed by atoms with van der Waals surface area (Å²) in [6.07, 6.45) is 11.1. The molecule has 10 rings (SSSR count). The number of fused-ring (bicyclic) bond motifs is 2. The molecule has 14 nitrogen and oxygen atoms in total. The number of rotatable bonds is 12. The number of piperidine rings is 1. The Bertz CT molecular complexity index is 2880. The van der Waals surface area contributed by atoms with Gasteiger partial charge in [-0.05, 0) is 128 Å². The lowest BCUT2D eigenvalue weighted by atomic mass is 9.70. The number of hydrogen-bond acceptors (Lipinski definition) is 12. The van der Waals surface area contributed by atoms with Crippen LogP contribution in [0.3, 0.4) is 0 Å². The number of pyridine rings is 1. The van der Waals surface area contributed by atoms with Crippen LogP contribution in [0.4, 0.5) is 21.5 Å². The molecule has 1 spiro atoms. The van der Waals surface area contributed by atoms with E-state index < -0.39 is 27.3 Å². The quantitative estimate of drug-likeness (QED) is 0.0875. The molecule has 2 aromatic heterocycles. The molecule has 2 saturated carbocycles. The van der Waals surface area contributed by atoms with Gasteiger partial charge in [0, 0.05) is 56.2 Å². The highest BCUT2D eigenvalue weighted by atomic mass is 32.2. The molecule has 5 aliphatic rings. The van der Waals surface area contributed by atoms with Crippen molar-refractivity contribution < 1.29 is 32.2 Å². The fourth-order valence-electron chi connectivity index (χ4n) is 11.7. The number of amides is 1. The van der Waals surface area contributed by atoms with Crippen LogP contribution in [0.15, 0.2) is 83.5 Å². The second-order valence-corrected chi connectivity index (χ2v) is 22.1. The fraction of sp³-hybridized carbons (Fsp3) is 0.462. The summed E-state index contributed by atoms with van der Waals surface area (Å²) in [6.45, 7) is 14.2. The van der Waals surface area contributed by atoms with Crippen LogP contribution < -0.4 is 24.4 Å². The summed E-state index contributed by atoms with van der Waals surface area (Å²) in [7, 11) is -4.61. The van der Waals surface area contributed by atoms with E-state index in [9.17, 15) is 27.6 Å². The minimum absolute atomic E-state index is 0.0305. The molecule has 4 N–H and O–H groups in total.